The van der Waals surface area contributed by atoms with Crippen molar-refractivity contribution in [2.45, 2.75) is 20.3 Å². The van der Waals surface area contributed by atoms with E-state index in [-0.39, 0.29) is 23.1 Å². The first kappa shape index (κ1) is 24.5. The second-order valence-corrected chi connectivity index (χ2v) is 8.76. The maximum Gasteiger partial charge on any atom is 0.338 e. The molecular weight excluding hydrogens is 460 g/mol. The summed E-state index contributed by atoms with van der Waals surface area (Å²) in [6.07, 6.45) is 0.394. The molecule has 0 saturated carbocycles. The number of imide groups is 1. The Labute approximate surface area is 207 Å². The first-order chi connectivity index (χ1) is 17.2. The topological polar surface area (TPSA) is 110 Å². The summed E-state index contributed by atoms with van der Waals surface area (Å²) < 4.78 is 5.17. The van der Waals surface area contributed by atoms with Crippen LogP contribution in [0.3, 0.4) is 0 Å². The summed E-state index contributed by atoms with van der Waals surface area (Å²) in [5.74, 6) is -2.00. The molecule has 3 amide bonds. The third kappa shape index (κ3) is 5.22. The first-order valence-electron chi connectivity index (χ1n) is 11.4. The van der Waals surface area contributed by atoms with Crippen LogP contribution in [0.25, 0.3) is 0 Å². The quantitative estimate of drug-likeness (QED) is 0.286. The van der Waals surface area contributed by atoms with E-state index >= 15 is 0 Å². The number of nitrogens with zero attached hydrogens (tertiary/aromatic N) is 1. The average molecular weight is 485 g/mol. The standard InChI is InChI=1S/C28H24N2O6/c1-17(2)14-25(32)29-20-12-10-18(11-13-20)24(31)16-36-28(35)19-6-5-7-21(15-19)30-26(33)22-8-3-4-9-23(22)27(30)34/h3-13,15,17H,14,16H2,1-2H3,(H,29,32). The molecule has 0 bridgehead atoms. The third-order valence-corrected chi connectivity index (χ3v) is 5.55. The molecule has 4 rings (SSSR count). The van der Waals surface area contributed by atoms with E-state index in [1.165, 1.54) is 18.2 Å². The zero-order valence-corrected chi connectivity index (χ0v) is 19.8. The summed E-state index contributed by atoms with van der Waals surface area (Å²) in [6, 6.07) is 18.7. The highest BCUT2D eigenvalue weighted by Gasteiger charge is 2.36. The fraction of sp³-hybridized carbons (Fsp3) is 0.179. The van der Waals surface area contributed by atoms with E-state index < -0.39 is 30.2 Å². The van der Waals surface area contributed by atoms with Crippen molar-refractivity contribution in [1.82, 2.24) is 0 Å². The maximum atomic E-state index is 12.7. The van der Waals surface area contributed by atoms with Gasteiger partial charge in [0.2, 0.25) is 5.91 Å². The monoisotopic (exact) mass is 484 g/mol. The minimum absolute atomic E-state index is 0.0973. The van der Waals surface area contributed by atoms with Crippen LogP contribution >= 0.6 is 0 Å². The Kier molecular flexibility index (Phi) is 7.05. The van der Waals surface area contributed by atoms with Crippen LogP contribution in [0.5, 0.6) is 0 Å². The van der Waals surface area contributed by atoms with Crippen LogP contribution in [0, 0.1) is 5.92 Å². The highest BCUT2D eigenvalue weighted by Crippen LogP contribution is 2.28. The fourth-order valence-electron chi connectivity index (χ4n) is 3.82. The summed E-state index contributed by atoms with van der Waals surface area (Å²) in [6.45, 7) is 3.40. The van der Waals surface area contributed by atoms with Crippen molar-refractivity contribution >= 4 is 40.8 Å². The molecule has 8 heteroatoms. The van der Waals surface area contributed by atoms with Crippen LogP contribution in [0.15, 0.2) is 72.8 Å². The molecule has 1 aliphatic heterocycles. The highest BCUT2D eigenvalue weighted by molar-refractivity contribution is 6.34. The Hall–Kier alpha value is -4.59. The molecule has 0 radical (unpaired) electrons. The number of carbonyl (C=O) groups is 5. The van der Waals surface area contributed by atoms with E-state index in [0.717, 1.165) is 4.90 Å². The molecule has 182 valence electrons. The number of esters is 1. The van der Waals surface area contributed by atoms with E-state index in [2.05, 4.69) is 5.32 Å². The highest BCUT2D eigenvalue weighted by atomic mass is 16.5. The smallest absolute Gasteiger partial charge is 0.338 e. The number of Topliss-reactive ketones (excluding diaryl/α,β-unsaturated/α-hetero) is 1. The normalized spacial score (nSPS) is 12.5. The number of ether oxygens (including phenoxy) is 1. The van der Waals surface area contributed by atoms with Gasteiger partial charge in [-0.3, -0.25) is 19.2 Å². The van der Waals surface area contributed by atoms with Crippen molar-refractivity contribution in [2.75, 3.05) is 16.8 Å². The average Bonchev–Trinajstić information content (AvgIpc) is 3.12. The Balaban J connectivity index is 1.38. The summed E-state index contributed by atoms with van der Waals surface area (Å²) in [7, 11) is 0. The van der Waals surface area contributed by atoms with Crippen molar-refractivity contribution in [3.8, 4) is 0 Å². The first-order valence-corrected chi connectivity index (χ1v) is 11.4. The third-order valence-electron chi connectivity index (χ3n) is 5.55. The molecule has 1 aliphatic rings. The molecule has 0 spiro atoms. The van der Waals surface area contributed by atoms with Gasteiger partial charge in [-0.1, -0.05) is 32.0 Å². The van der Waals surface area contributed by atoms with Crippen LogP contribution in [-0.2, 0) is 9.53 Å². The Morgan fingerprint density at radius 1 is 0.833 bits per heavy atom. The summed E-state index contributed by atoms with van der Waals surface area (Å²) in [4.78, 5) is 63.4. The fourth-order valence-corrected chi connectivity index (χ4v) is 3.82. The van der Waals surface area contributed by atoms with E-state index in [9.17, 15) is 24.0 Å². The zero-order valence-electron chi connectivity index (χ0n) is 19.8. The van der Waals surface area contributed by atoms with Crippen molar-refractivity contribution in [2.24, 2.45) is 5.92 Å². The van der Waals surface area contributed by atoms with Gasteiger partial charge in [-0.2, -0.15) is 0 Å². The minimum atomic E-state index is -0.764. The van der Waals surface area contributed by atoms with Gasteiger partial charge in [0.1, 0.15) is 0 Å². The lowest BCUT2D eigenvalue weighted by atomic mass is 10.1. The molecule has 1 N–H and O–H groups in total. The Bertz CT molecular complexity index is 1330. The van der Waals surface area contributed by atoms with Crippen molar-refractivity contribution in [3.05, 3.63) is 95.1 Å². The van der Waals surface area contributed by atoms with Crippen LogP contribution in [-0.4, -0.2) is 36.1 Å². The summed E-state index contributed by atoms with van der Waals surface area (Å²) in [5, 5.41) is 2.76. The van der Waals surface area contributed by atoms with Crippen LogP contribution in [0.4, 0.5) is 11.4 Å². The van der Waals surface area contributed by atoms with E-state index in [4.69, 9.17) is 4.74 Å². The number of anilines is 2. The lowest BCUT2D eigenvalue weighted by Gasteiger charge is -2.14. The molecule has 0 atom stereocenters. The van der Waals surface area contributed by atoms with Gasteiger partial charge < -0.3 is 10.1 Å². The van der Waals surface area contributed by atoms with Gasteiger partial charge in [-0.05, 0) is 60.5 Å². The second kappa shape index (κ2) is 10.4. The van der Waals surface area contributed by atoms with E-state index in [1.807, 2.05) is 13.8 Å². The second-order valence-electron chi connectivity index (χ2n) is 8.76. The summed E-state index contributed by atoms with van der Waals surface area (Å²) >= 11 is 0. The molecule has 3 aromatic carbocycles. The predicted molar refractivity (Wildman–Crippen MR) is 133 cm³/mol. The lowest BCUT2D eigenvalue weighted by molar-refractivity contribution is -0.116. The van der Waals surface area contributed by atoms with Gasteiger partial charge in [-0.25, -0.2) is 9.69 Å². The predicted octanol–water partition coefficient (Wildman–Crippen LogP) is 4.51. The van der Waals surface area contributed by atoms with Crippen molar-refractivity contribution < 1.29 is 28.7 Å². The number of amides is 3. The van der Waals surface area contributed by atoms with Crippen LogP contribution in [0.1, 0.15) is 61.7 Å². The number of nitrogens with one attached hydrogen (secondary N) is 1. The molecular formula is C28H24N2O6. The van der Waals surface area contributed by atoms with E-state index in [0.29, 0.717) is 28.8 Å². The molecule has 0 aromatic heterocycles. The van der Waals surface area contributed by atoms with Gasteiger partial charge in [0.15, 0.2) is 12.4 Å². The minimum Gasteiger partial charge on any atom is -0.454 e. The molecule has 0 aliphatic carbocycles. The van der Waals surface area contributed by atoms with Crippen molar-refractivity contribution in [3.63, 3.8) is 0 Å². The molecule has 0 unspecified atom stereocenters. The number of benzene rings is 3. The molecule has 8 nitrogen and oxygen atoms in total. The van der Waals surface area contributed by atoms with Crippen molar-refractivity contribution in [1.29, 1.82) is 0 Å². The SMILES string of the molecule is CC(C)CC(=O)Nc1ccc(C(=O)COC(=O)c2cccc(N3C(=O)c4ccccc4C3=O)c2)cc1. The Morgan fingerprint density at radius 3 is 2.08 bits per heavy atom. The van der Waals surface area contributed by atoms with Gasteiger partial charge >= 0.3 is 5.97 Å². The maximum absolute atomic E-state index is 12.7. The number of carbonyl (C=O) groups excluding carboxylic acids is 5. The largest absolute Gasteiger partial charge is 0.454 e. The van der Waals surface area contributed by atoms with E-state index in [1.54, 1.807) is 54.6 Å². The van der Waals surface area contributed by atoms with Crippen LogP contribution in [0.2, 0.25) is 0 Å². The molecule has 3 aromatic rings. The van der Waals surface area contributed by atoms with Gasteiger partial charge in [0.25, 0.3) is 11.8 Å². The Morgan fingerprint density at radius 2 is 1.47 bits per heavy atom. The van der Waals surface area contributed by atoms with Crippen LogP contribution < -0.4 is 10.2 Å². The number of rotatable bonds is 8. The summed E-state index contributed by atoms with van der Waals surface area (Å²) in [5.41, 5.74) is 1.82. The van der Waals surface area contributed by atoms with Gasteiger partial charge in [0, 0.05) is 17.7 Å². The van der Waals surface area contributed by atoms with Gasteiger partial charge in [-0.15, -0.1) is 0 Å². The molecule has 0 saturated heterocycles. The molecule has 1 heterocycles. The number of ketones is 1. The number of hydrogen-bond donors (Lipinski definition) is 1. The number of fused-ring (bicyclic) bond motifs is 1. The number of hydrogen-bond acceptors (Lipinski definition) is 6. The molecule has 36 heavy (non-hydrogen) atoms. The van der Waals surface area contributed by atoms with Gasteiger partial charge in [0.05, 0.1) is 22.4 Å². The molecule has 0 fully saturated rings. The zero-order chi connectivity index (χ0) is 25.8. The lowest BCUT2D eigenvalue weighted by Crippen LogP contribution is -2.29.